The van der Waals surface area contributed by atoms with Gasteiger partial charge in [-0.25, -0.2) is 0 Å². The Kier molecular flexibility index (Phi) is 5.36. The Morgan fingerprint density at radius 1 is 1.29 bits per heavy atom. The van der Waals surface area contributed by atoms with E-state index in [-0.39, 0.29) is 17.9 Å². The number of pyridine rings is 1. The van der Waals surface area contributed by atoms with E-state index in [1.165, 1.54) is 11.3 Å². The van der Waals surface area contributed by atoms with E-state index in [0.29, 0.717) is 12.8 Å². The fourth-order valence-electron chi connectivity index (χ4n) is 3.87. The molecular formula is C18H28N4O2. The van der Waals surface area contributed by atoms with E-state index in [9.17, 15) is 9.90 Å². The number of amides is 1. The van der Waals surface area contributed by atoms with Crippen molar-refractivity contribution in [3.05, 3.63) is 24.0 Å². The maximum atomic E-state index is 12.8. The molecule has 2 fully saturated rings. The third kappa shape index (κ3) is 3.70. The summed E-state index contributed by atoms with van der Waals surface area (Å²) in [7, 11) is 0. The summed E-state index contributed by atoms with van der Waals surface area (Å²) < 4.78 is 0. The van der Waals surface area contributed by atoms with Crippen LogP contribution in [0, 0.1) is 12.8 Å². The molecule has 0 radical (unpaired) electrons. The van der Waals surface area contributed by atoms with E-state index < -0.39 is 6.10 Å². The molecule has 3 rings (SSSR count). The summed E-state index contributed by atoms with van der Waals surface area (Å²) >= 11 is 0. The lowest BCUT2D eigenvalue weighted by molar-refractivity contribution is -0.137. The molecule has 6 heteroatoms. The van der Waals surface area contributed by atoms with E-state index in [1.807, 2.05) is 23.4 Å². The fraction of sp³-hybridized carbons (Fsp3) is 0.667. The van der Waals surface area contributed by atoms with Crippen molar-refractivity contribution in [2.45, 2.75) is 44.8 Å². The average molecular weight is 332 g/mol. The average Bonchev–Trinajstić information content (AvgIpc) is 2.83. The van der Waals surface area contributed by atoms with Crippen LogP contribution in [0.3, 0.4) is 0 Å². The van der Waals surface area contributed by atoms with Crippen molar-refractivity contribution in [2.24, 2.45) is 11.7 Å². The number of aliphatic hydroxyl groups is 1. The van der Waals surface area contributed by atoms with E-state index >= 15 is 0 Å². The van der Waals surface area contributed by atoms with Gasteiger partial charge in [-0.2, -0.15) is 0 Å². The van der Waals surface area contributed by atoms with Gasteiger partial charge in [0.25, 0.3) is 0 Å². The van der Waals surface area contributed by atoms with E-state index in [1.54, 1.807) is 0 Å². The molecule has 0 spiro atoms. The van der Waals surface area contributed by atoms with Gasteiger partial charge in [0.15, 0.2) is 0 Å². The molecule has 3 N–H and O–H groups in total. The first-order valence-corrected chi connectivity index (χ1v) is 8.94. The molecule has 1 amide bonds. The Balaban J connectivity index is 1.61. The second-order valence-electron chi connectivity index (χ2n) is 7.07. The Bertz CT molecular complexity index is 580. The van der Waals surface area contributed by atoms with Gasteiger partial charge < -0.3 is 20.6 Å². The topological polar surface area (TPSA) is 82.7 Å². The molecule has 3 atom stereocenters. The van der Waals surface area contributed by atoms with Gasteiger partial charge in [0.2, 0.25) is 5.91 Å². The summed E-state index contributed by atoms with van der Waals surface area (Å²) in [6, 6.07) is 1.78. The number of anilines is 1. The smallest absolute Gasteiger partial charge is 0.225 e. The Hall–Kier alpha value is -1.66. The maximum Gasteiger partial charge on any atom is 0.225 e. The van der Waals surface area contributed by atoms with Crippen LogP contribution in [-0.2, 0) is 4.79 Å². The van der Waals surface area contributed by atoms with Gasteiger partial charge in [0.1, 0.15) is 0 Å². The van der Waals surface area contributed by atoms with Crippen molar-refractivity contribution in [2.75, 3.05) is 31.1 Å². The number of aliphatic hydroxyl groups excluding tert-OH is 1. The number of carbonyl (C=O) groups excluding carboxylic acids is 1. The third-order valence-electron chi connectivity index (χ3n) is 5.35. The molecule has 1 aliphatic carbocycles. The van der Waals surface area contributed by atoms with Crippen LogP contribution in [-0.4, -0.2) is 59.2 Å². The van der Waals surface area contributed by atoms with Crippen LogP contribution in [0.2, 0.25) is 0 Å². The molecular weight excluding hydrogens is 304 g/mol. The fourth-order valence-corrected chi connectivity index (χ4v) is 3.87. The van der Waals surface area contributed by atoms with Crippen LogP contribution in [0.15, 0.2) is 18.5 Å². The van der Waals surface area contributed by atoms with Gasteiger partial charge in [-0.1, -0.05) is 0 Å². The van der Waals surface area contributed by atoms with Crippen molar-refractivity contribution in [1.29, 1.82) is 0 Å². The monoisotopic (exact) mass is 332 g/mol. The summed E-state index contributed by atoms with van der Waals surface area (Å²) in [5.74, 6) is 0.184. The minimum atomic E-state index is -0.455. The van der Waals surface area contributed by atoms with Crippen LogP contribution >= 0.6 is 0 Å². The number of hydrogen-bond acceptors (Lipinski definition) is 5. The quantitative estimate of drug-likeness (QED) is 0.841. The summed E-state index contributed by atoms with van der Waals surface area (Å²) in [4.78, 5) is 21.3. The predicted octanol–water partition coefficient (Wildman–Crippen LogP) is 0.917. The first-order chi connectivity index (χ1) is 11.6. The lowest BCUT2D eigenvalue weighted by Crippen LogP contribution is -2.46. The Morgan fingerprint density at radius 3 is 2.88 bits per heavy atom. The summed E-state index contributed by atoms with van der Waals surface area (Å²) in [6.45, 7) is 5.42. The van der Waals surface area contributed by atoms with Crippen molar-refractivity contribution in [3.8, 4) is 0 Å². The minimum absolute atomic E-state index is 0.0300. The highest BCUT2D eigenvalue weighted by Crippen LogP contribution is 2.26. The zero-order valence-corrected chi connectivity index (χ0v) is 14.4. The molecule has 2 aliphatic rings. The SMILES string of the molecule is Cc1cnccc1N1CCCN(C(=O)[C@H]2CC[C@@H](O)[C@H](N)C2)CC1. The van der Waals surface area contributed by atoms with Gasteiger partial charge in [-0.3, -0.25) is 9.78 Å². The molecule has 0 bridgehead atoms. The minimum Gasteiger partial charge on any atom is -0.392 e. The second kappa shape index (κ2) is 7.49. The molecule has 0 aromatic carbocycles. The van der Waals surface area contributed by atoms with Crippen molar-refractivity contribution >= 4 is 11.6 Å². The highest BCUT2D eigenvalue weighted by Gasteiger charge is 2.33. The summed E-state index contributed by atoms with van der Waals surface area (Å²) in [5.41, 5.74) is 8.33. The lowest BCUT2D eigenvalue weighted by Gasteiger charge is -2.33. The number of aromatic nitrogens is 1. The van der Waals surface area contributed by atoms with Crippen molar-refractivity contribution in [1.82, 2.24) is 9.88 Å². The van der Waals surface area contributed by atoms with Crippen LogP contribution in [0.25, 0.3) is 0 Å². The summed E-state index contributed by atoms with van der Waals surface area (Å²) in [5, 5.41) is 9.76. The maximum absolute atomic E-state index is 12.8. The second-order valence-corrected chi connectivity index (χ2v) is 7.07. The molecule has 6 nitrogen and oxygen atoms in total. The Morgan fingerprint density at radius 2 is 2.12 bits per heavy atom. The molecule has 1 aromatic heterocycles. The number of aryl methyl sites for hydroxylation is 1. The third-order valence-corrected chi connectivity index (χ3v) is 5.35. The van der Waals surface area contributed by atoms with Crippen LogP contribution < -0.4 is 10.6 Å². The lowest BCUT2D eigenvalue weighted by atomic mass is 9.83. The van der Waals surface area contributed by atoms with Gasteiger partial charge in [-0.05, 0) is 44.2 Å². The van der Waals surface area contributed by atoms with Crippen LogP contribution in [0.5, 0.6) is 0 Å². The standard InChI is InChI=1S/C18H28N4O2/c1-13-12-20-6-5-16(13)21-7-2-8-22(10-9-21)18(24)14-3-4-17(23)15(19)11-14/h5-6,12,14-15,17,23H,2-4,7-11,19H2,1H3/t14-,15+,17+/m0/s1. The zero-order chi connectivity index (χ0) is 17.1. The molecule has 1 saturated heterocycles. The van der Waals surface area contributed by atoms with Gasteiger partial charge in [0.05, 0.1) is 6.10 Å². The number of nitrogens with zero attached hydrogens (tertiary/aromatic N) is 3. The van der Waals surface area contributed by atoms with E-state index in [2.05, 4.69) is 16.8 Å². The normalized spacial score (nSPS) is 28.5. The predicted molar refractivity (Wildman–Crippen MR) is 93.7 cm³/mol. The van der Waals surface area contributed by atoms with Gasteiger partial charge >= 0.3 is 0 Å². The number of hydrogen-bond donors (Lipinski definition) is 2. The number of carbonyl (C=O) groups is 1. The number of nitrogens with two attached hydrogens (primary N) is 1. The van der Waals surface area contributed by atoms with Crippen molar-refractivity contribution in [3.63, 3.8) is 0 Å². The highest BCUT2D eigenvalue weighted by molar-refractivity contribution is 5.79. The van der Waals surface area contributed by atoms with E-state index in [4.69, 9.17) is 5.73 Å². The first kappa shape index (κ1) is 17.2. The molecule has 1 aliphatic heterocycles. The largest absolute Gasteiger partial charge is 0.392 e. The zero-order valence-electron chi connectivity index (χ0n) is 14.4. The molecule has 0 unspecified atom stereocenters. The molecule has 1 saturated carbocycles. The Labute approximate surface area is 143 Å². The van der Waals surface area contributed by atoms with E-state index in [0.717, 1.165) is 39.0 Å². The molecule has 2 heterocycles. The van der Waals surface area contributed by atoms with Gasteiger partial charge in [0, 0.05) is 56.2 Å². The highest BCUT2D eigenvalue weighted by atomic mass is 16.3. The van der Waals surface area contributed by atoms with Crippen molar-refractivity contribution < 1.29 is 9.90 Å². The van der Waals surface area contributed by atoms with Crippen LogP contribution in [0.1, 0.15) is 31.2 Å². The summed E-state index contributed by atoms with van der Waals surface area (Å²) in [6.07, 6.45) is 6.20. The number of rotatable bonds is 2. The molecule has 24 heavy (non-hydrogen) atoms. The first-order valence-electron chi connectivity index (χ1n) is 8.94. The molecule has 132 valence electrons. The van der Waals surface area contributed by atoms with Crippen LogP contribution in [0.4, 0.5) is 5.69 Å². The molecule has 1 aromatic rings. The van der Waals surface area contributed by atoms with Gasteiger partial charge in [-0.15, -0.1) is 0 Å².